The lowest BCUT2D eigenvalue weighted by atomic mass is 10.2. The Balaban J connectivity index is 2.00. The van der Waals surface area contributed by atoms with E-state index < -0.39 is 27.8 Å². The van der Waals surface area contributed by atoms with E-state index in [1.165, 1.54) is 12.1 Å². The summed E-state index contributed by atoms with van der Waals surface area (Å²) in [4.78, 5) is 8.03. The molecule has 29 heavy (non-hydrogen) atoms. The Labute approximate surface area is 178 Å². The molecule has 1 unspecified atom stereocenters. The lowest BCUT2D eigenvalue weighted by molar-refractivity contribution is -0.137. The van der Waals surface area contributed by atoms with Gasteiger partial charge in [-0.25, -0.2) is 23.1 Å². The Kier molecular flexibility index (Phi) is 5.96. The van der Waals surface area contributed by atoms with Crippen molar-refractivity contribution in [2.24, 2.45) is 0 Å². The van der Waals surface area contributed by atoms with Gasteiger partial charge in [0, 0.05) is 12.7 Å². The number of fused-ring (bicyclic) bond motifs is 1. The van der Waals surface area contributed by atoms with Crippen LogP contribution in [0.4, 0.5) is 13.2 Å². The molecular formula is C17H15BrClF3N4O2S. The van der Waals surface area contributed by atoms with Crippen LogP contribution < -0.4 is 4.72 Å². The third-order valence-corrected chi connectivity index (χ3v) is 6.86. The highest BCUT2D eigenvalue weighted by Gasteiger charge is 2.31. The number of nitrogens with one attached hydrogen (secondary N) is 1. The molecule has 1 aromatic carbocycles. The first-order valence-corrected chi connectivity index (χ1v) is 11.0. The summed E-state index contributed by atoms with van der Waals surface area (Å²) < 4.78 is 68.8. The second-order valence-electron chi connectivity index (χ2n) is 6.20. The van der Waals surface area contributed by atoms with E-state index in [0.717, 1.165) is 18.3 Å². The summed E-state index contributed by atoms with van der Waals surface area (Å²) >= 11 is 8.92. The first-order chi connectivity index (χ1) is 13.4. The summed E-state index contributed by atoms with van der Waals surface area (Å²) in [6.45, 7) is 3.62. The van der Waals surface area contributed by atoms with Gasteiger partial charge in [0.25, 0.3) is 0 Å². The van der Waals surface area contributed by atoms with Crippen molar-refractivity contribution in [3.05, 3.63) is 51.5 Å². The number of hydrogen-bond acceptors (Lipinski definition) is 4. The molecule has 0 fully saturated rings. The van der Waals surface area contributed by atoms with E-state index in [0.29, 0.717) is 22.4 Å². The zero-order valence-corrected chi connectivity index (χ0v) is 18.3. The number of alkyl halides is 3. The van der Waals surface area contributed by atoms with Crippen LogP contribution in [-0.4, -0.2) is 23.0 Å². The predicted molar refractivity (Wildman–Crippen MR) is 106 cm³/mol. The Morgan fingerprint density at radius 2 is 2.00 bits per heavy atom. The number of aryl methyl sites for hydroxylation is 1. The molecule has 2 heterocycles. The van der Waals surface area contributed by atoms with Crippen LogP contribution in [0.2, 0.25) is 5.15 Å². The van der Waals surface area contributed by atoms with Gasteiger partial charge in [-0.15, -0.1) is 0 Å². The van der Waals surface area contributed by atoms with Gasteiger partial charge in [-0.1, -0.05) is 11.6 Å². The fraction of sp³-hybridized carbons (Fsp3) is 0.294. The van der Waals surface area contributed by atoms with Crippen molar-refractivity contribution in [2.75, 3.05) is 0 Å². The summed E-state index contributed by atoms with van der Waals surface area (Å²) in [5, 5.41) is 0.116. The highest BCUT2D eigenvalue weighted by atomic mass is 79.9. The van der Waals surface area contributed by atoms with E-state index in [1.54, 1.807) is 18.4 Å². The van der Waals surface area contributed by atoms with E-state index in [9.17, 15) is 21.6 Å². The number of halogens is 5. The van der Waals surface area contributed by atoms with Crippen LogP contribution in [-0.2, 0) is 22.7 Å². The van der Waals surface area contributed by atoms with Crippen molar-refractivity contribution in [1.82, 2.24) is 19.3 Å². The van der Waals surface area contributed by atoms with Crippen LogP contribution in [0.25, 0.3) is 11.0 Å². The van der Waals surface area contributed by atoms with Crippen molar-refractivity contribution >= 4 is 48.6 Å². The molecule has 3 aromatic rings. The highest BCUT2D eigenvalue weighted by molar-refractivity contribution is 9.10. The molecule has 0 bridgehead atoms. The molecule has 0 aliphatic rings. The number of sulfonamides is 1. The Bertz CT molecular complexity index is 1180. The first kappa shape index (κ1) is 22.0. The normalized spacial score (nSPS) is 13.8. The van der Waals surface area contributed by atoms with Crippen LogP contribution in [0, 0.1) is 0 Å². The lowest BCUT2D eigenvalue weighted by Crippen LogP contribution is -2.29. The van der Waals surface area contributed by atoms with Crippen molar-refractivity contribution in [3.8, 4) is 0 Å². The van der Waals surface area contributed by atoms with Gasteiger partial charge in [0.2, 0.25) is 10.0 Å². The van der Waals surface area contributed by atoms with Gasteiger partial charge in [-0.3, -0.25) is 0 Å². The summed E-state index contributed by atoms with van der Waals surface area (Å²) in [6, 6.07) is 3.73. The largest absolute Gasteiger partial charge is 0.416 e. The van der Waals surface area contributed by atoms with Crippen LogP contribution >= 0.6 is 27.5 Å². The fourth-order valence-electron chi connectivity index (χ4n) is 2.88. The van der Waals surface area contributed by atoms with Gasteiger partial charge in [0.15, 0.2) is 0 Å². The molecular weight excluding hydrogens is 497 g/mol. The van der Waals surface area contributed by atoms with Crippen molar-refractivity contribution in [2.45, 2.75) is 37.5 Å². The molecule has 6 nitrogen and oxygen atoms in total. The van der Waals surface area contributed by atoms with E-state index >= 15 is 0 Å². The van der Waals surface area contributed by atoms with Gasteiger partial charge < -0.3 is 4.57 Å². The summed E-state index contributed by atoms with van der Waals surface area (Å²) in [6.07, 6.45) is -3.38. The second kappa shape index (κ2) is 7.86. The molecule has 1 N–H and O–H groups in total. The molecule has 0 radical (unpaired) electrons. The van der Waals surface area contributed by atoms with Crippen LogP contribution in [0.5, 0.6) is 0 Å². The van der Waals surface area contributed by atoms with Gasteiger partial charge >= 0.3 is 6.18 Å². The highest BCUT2D eigenvalue weighted by Crippen LogP contribution is 2.32. The van der Waals surface area contributed by atoms with Crippen LogP contribution in [0.1, 0.15) is 31.3 Å². The zero-order valence-electron chi connectivity index (χ0n) is 15.1. The maximum atomic E-state index is 13.0. The standard InChI is InChI=1S/C17H15BrClF3N4O2S/c1-3-26-14-6-10(17(20,21)22)4-5-13(14)24-16(26)9(2)25-29(27,28)11-7-12(18)15(19)23-8-11/h4-9,25H,3H2,1-2H3. The molecule has 3 rings (SSSR count). The van der Waals surface area contributed by atoms with E-state index in [4.69, 9.17) is 11.6 Å². The minimum absolute atomic E-state index is 0.112. The average Bonchev–Trinajstić information content (AvgIpc) is 3.00. The maximum Gasteiger partial charge on any atom is 0.416 e. The Morgan fingerprint density at radius 3 is 2.59 bits per heavy atom. The van der Waals surface area contributed by atoms with E-state index in [2.05, 4.69) is 30.6 Å². The minimum Gasteiger partial charge on any atom is -0.327 e. The number of rotatable bonds is 5. The van der Waals surface area contributed by atoms with E-state index in [-0.39, 0.29) is 15.6 Å². The number of pyridine rings is 1. The molecule has 0 aliphatic heterocycles. The number of hydrogen-bond donors (Lipinski definition) is 1. The fourth-order valence-corrected chi connectivity index (χ4v) is 4.66. The van der Waals surface area contributed by atoms with Crippen molar-refractivity contribution in [1.29, 1.82) is 0 Å². The molecule has 0 aliphatic carbocycles. The lowest BCUT2D eigenvalue weighted by Gasteiger charge is -2.16. The minimum atomic E-state index is -4.49. The molecule has 0 spiro atoms. The quantitative estimate of drug-likeness (QED) is 0.493. The number of imidazole rings is 1. The Hall–Kier alpha value is -1.69. The number of aromatic nitrogens is 3. The zero-order chi connectivity index (χ0) is 21.6. The second-order valence-corrected chi connectivity index (χ2v) is 9.13. The predicted octanol–water partition coefficient (Wildman–Crippen LogP) is 4.93. The van der Waals surface area contributed by atoms with E-state index in [1.807, 2.05) is 0 Å². The van der Waals surface area contributed by atoms with Crippen molar-refractivity contribution < 1.29 is 21.6 Å². The van der Waals surface area contributed by atoms with Crippen molar-refractivity contribution in [3.63, 3.8) is 0 Å². The first-order valence-electron chi connectivity index (χ1n) is 8.34. The van der Waals surface area contributed by atoms with Gasteiger partial charge in [-0.2, -0.15) is 13.2 Å². The van der Waals surface area contributed by atoms with Gasteiger partial charge in [0.1, 0.15) is 15.9 Å². The van der Waals surface area contributed by atoms with Crippen LogP contribution in [0.3, 0.4) is 0 Å². The summed E-state index contributed by atoms with van der Waals surface area (Å²) in [5.74, 6) is 0.298. The van der Waals surface area contributed by atoms with Crippen LogP contribution in [0.15, 0.2) is 39.8 Å². The topological polar surface area (TPSA) is 76.9 Å². The SMILES string of the molecule is CCn1c(C(C)NS(=O)(=O)c2cnc(Cl)c(Br)c2)nc2ccc(C(F)(F)F)cc21. The molecule has 0 saturated carbocycles. The average molecular weight is 512 g/mol. The molecule has 0 saturated heterocycles. The molecule has 0 amide bonds. The van der Waals surface area contributed by atoms with Gasteiger partial charge in [0.05, 0.1) is 27.1 Å². The summed E-state index contributed by atoms with van der Waals surface area (Å²) in [7, 11) is -3.98. The monoisotopic (exact) mass is 510 g/mol. The van der Waals surface area contributed by atoms with Gasteiger partial charge in [-0.05, 0) is 54.0 Å². The molecule has 12 heteroatoms. The summed E-state index contributed by atoms with van der Waals surface area (Å²) in [5.41, 5.74) is -0.174. The third kappa shape index (κ3) is 4.42. The number of benzene rings is 1. The molecule has 1 atom stereocenters. The maximum absolute atomic E-state index is 13.0. The third-order valence-electron chi connectivity index (χ3n) is 4.22. The molecule has 156 valence electrons. The smallest absolute Gasteiger partial charge is 0.327 e. The molecule has 2 aromatic heterocycles. The Morgan fingerprint density at radius 1 is 1.31 bits per heavy atom. The number of nitrogens with zero attached hydrogens (tertiary/aromatic N) is 3.